The average molecular weight is 857 g/mol. The van der Waals surface area contributed by atoms with Crippen molar-refractivity contribution in [3.8, 4) is 11.1 Å². The van der Waals surface area contributed by atoms with Crippen LogP contribution in [0.15, 0.2) is 127 Å². The molecule has 4 aromatic carbocycles. The van der Waals surface area contributed by atoms with Gasteiger partial charge < -0.3 is 37.0 Å². The highest BCUT2D eigenvalue weighted by molar-refractivity contribution is 7.09. The number of carboxylic acids is 1. The summed E-state index contributed by atoms with van der Waals surface area (Å²) < 4.78 is 0. The lowest BCUT2D eigenvalue weighted by Gasteiger charge is -2.27. The van der Waals surface area contributed by atoms with Crippen LogP contribution in [0.3, 0.4) is 0 Å². The van der Waals surface area contributed by atoms with Gasteiger partial charge in [0.2, 0.25) is 35.4 Å². The third kappa shape index (κ3) is 12.9. The maximum atomic E-state index is 14.6. The molecular weight excluding hydrogens is 809 g/mol. The van der Waals surface area contributed by atoms with Crippen LogP contribution in [0.25, 0.3) is 11.1 Å². The third-order valence-corrected chi connectivity index (χ3v) is 11.2. The normalized spacial score (nSPS) is 19.7. The summed E-state index contributed by atoms with van der Waals surface area (Å²) in [6.45, 7) is 1.30. The van der Waals surface area contributed by atoms with Crippen LogP contribution in [0.4, 0.5) is 5.69 Å². The number of anilines is 1. The van der Waals surface area contributed by atoms with Gasteiger partial charge in [-0.3, -0.25) is 33.6 Å². The van der Waals surface area contributed by atoms with Crippen molar-refractivity contribution in [3.05, 3.63) is 148 Å². The fraction of sp³-hybridized carbons (Fsp3) is 0.255. The van der Waals surface area contributed by atoms with E-state index in [1.807, 2.05) is 72.1 Å². The molecule has 7 N–H and O–H groups in total. The second kappa shape index (κ2) is 21.4. The second-order valence-corrected chi connectivity index (χ2v) is 16.1. The predicted molar refractivity (Wildman–Crippen MR) is 235 cm³/mol. The van der Waals surface area contributed by atoms with Crippen molar-refractivity contribution < 1.29 is 38.7 Å². The van der Waals surface area contributed by atoms with Crippen molar-refractivity contribution in [3.63, 3.8) is 0 Å². The fourth-order valence-corrected chi connectivity index (χ4v) is 7.64. The molecule has 0 saturated heterocycles. The minimum absolute atomic E-state index is 0.0000885. The molecule has 0 aliphatic carbocycles. The smallest absolute Gasteiger partial charge is 0.325 e. The number of aliphatic carboxylic acids is 1. The Hall–Kier alpha value is -7.13. The van der Waals surface area contributed by atoms with E-state index in [0.29, 0.717) is 22.4 Å². The fourth-order valence-electron chi connectivity index (χ4n) is 6.89. The Morgan fingerprint density at radius 3 is 1.77 bits per heavy atom. The summed E-state index contributed by atoms with van der Waals surface area (Å²) in [5, 5.41) is 27.7. The van der Waals surface area contributed by atoms with Crippen LogP contribution in [0.2, 0.25) is 0 Å². The third-order valence-electron chi connectivity index (χ3n) is 10.3. The van der Waals surface area contributed by atoms with Crippen LogP contribution in [-0.2, 0) is 59.2 Å². The van der Waals surface area contributed by atoms with Crippen LogP contribution in [0.1, 0.15) is 41.3 Å². The van der Waals surface area contributed by atoms with E-state index in [0.717, 1.165) is 16.0 Å². The number of hydrogen-bond donors (Lipinski definition) is 7. The summed E-state index contributed by atoms with van der Waals surface area (Å²) in [4.78, 5) is 95.6. The summed E-state index contributed by atoms with van der Waals surface area (Å²) in [6, 6.07) is 30.1. The molecule has 6 amide bonds. The lowest BCUT2D eigenvalue weighted by Crippen LogP contribution is -2.60. The number of hydrogen-bond acceptors (Lipinski definition) is 8. The SMILES string of the molecule is C[C@@H](NC(=O)[C@H]1Cc2ccc(cc2)NC(=O)CCC(=O)N[C@H](Cc2cccs2)C(=O)N[C@@H](Cc2ccc(-c3ccccc3)cc2)C(=O)N[C@H](Cc2ccccc2)C(=O)N1)C(=O)O. The van der Waals surface area contributed by atoms with Crippen LogP contribution in [-0.4, -0.2) is 76.7 Å². The Kier molecular flexibility index (Phi) is 15.3. The van der Waals surface area contributed by atoms with Crippen molar-refractivity contribution in [1.29, 1.82) is 0 Å². The molecule has 5 atom stereocenters. The van der Waals surface area contributed by atoms with Crippen LogP contribution >= 0.6 is 11.3 Å². The number of rotatable bonds is 10. The largest absolute Gasteiger partial charge is 0.480 e. The van der Waals surface area contributed by atoms with E-state index in [4.69, 9.17) is 0 Å². The summed E-state index contributed by atoms with van der Waals surface area (Å²) in [5.41, 5.74) is 4.29. The van der Waals surface area contributed by atoms with Crippen molar-refractivity contribution in [2.45, 2.75) is 75.7 Å². The maximum Gasteiger partial charge on any atom is 0.325 e. The van der Waals surface area contributed by atoms with Gasteiger partial charge in [0.1, 0.15) is 30.2 Å². The monoisotopic (exact) mass is 856 g/mol. The molecule has 320 valence electrons. The molecule has 2 aliphatic heterocycles. The lowest BCUT2D eigenvalue weighted by molar-refractivity contribution is -0.141. The zero-order valence-electron chi connectivity index (χ0n) is 34.0. The van der Waals surface area contributed by atoms with E-state index >= 15 is 0 Å². The number of benzene rings is 4. The quantitative estimate of drug-likeness (QED) is 0.102. The van der Waals surface area contributed by atoms with Crippen LogP contribution in [0, 0.1) is 0 Å². The van der Waals surface area contributed by atoms with Gasteiger partial charge in [-0.15, -0.1) is 11.3 Å². The molecule has 0 spiro atoms. The molecule has 0 fully saturated rings. The summed E-state index contributed by atoms with van der Waals surface area (Å²) in [7, 11) is 0. The number of fused-ring (bicyclic) bond motifs is 18. The first-order chi connectivity index (χ1) is 29.9. The number of carboxylic acid groups (broad SMARTS) is 1. The lowest BCUT2D eigenvalue weighted by atomic mass is 9.99. The Labute approximate surface area is 362 Å². The molecule has 2 aliphatic rings. The first kappa shape index (κ1) is 44.4. The number of thiophene rings is 1. The molecule has 0 saturated carbocycles. The topological polar surface area (TPSA) is 212 Å². The molecule has 1 aromatic heterocycles. The number of nitrogens with one attached hydrogen (secondary N) is 6. The molecule has 62 heavy (non-hydrogen) atoms. The standard InChI is InChI=1S/C47H48N6O8S/c1-29(47(60)61)48-43(56)37-27-32-16-20-35(21-17-32)49-41(54)22-23-42(55)50-40(28-36-13-8-24-62-36)46(59)53-39(26-31-14-18-34(19-15-31)33-11-6-3-7-12-33)45(58)52-38(44(57)51-37)25-30-9-4-2-5-10-30/h2-21,24,29,37-40H,22-23,25-28H2,1H3,(H,48,56)(H,49,54)(H,50,55)(H,51,57)(H,52,58)(H,53,59)(H,60,61)/t29-,37-,38-,39+,40-/m1/s1. The van der Waals surface area contributed by atoms with Gasteiger partial charge in [-0.05, 0) is 58.3 Å². The van der Waals surface area contributed by atoms with E-state index in [9.17, 15) is 38.7 Å². The highest BCUT2D eigenvalue weighted by Crippen LogP contribution is 2.21. The average Bonchev–Trinajstić information content (AvgIpc) is 3.79. The Bertz CT molecular complexity index is 2340. The molecular formula is C47H48N6O8S. The van der Waals surface area contributed by atoms with E-state index < -0.39 is 71.6 Å². The molecule has 14 nitrogen and oxygen atoms in total. The maximum absolute atomic E-state index is 14.6. The molecule has 2 bridgehead atoms. The Morgan fingerprint density at radius 2 is 1.18 bits per heavy atom. The molecule has 7 rings (SSSR count). The second-order valence-electron chi connectivity index (χ2n) is 15.1. The Morgan fingerprint density at radius 1 is 0.629 bits per heavy atom. The van der Waals surface area contributed by atoms with Crippen molar-refractivity contribution in [2.24, 2.45) is 0 Å². The van der Waals surface area contributed by atoms with Gasteiger partial charge in [-0.25, -0.2) is 0 Å². The van der Waals surface area contributed by atoms with Crippen molar-refractivity contribution >= 4 is 58.4 Å². The molecule has 0 radical (unpaired) electrons. The van der Waals surface area contributed by atoms with E-state index in [1.165, 1.54) is 18.3 Å². The van der Waals surface area contributed by atoms with Gasteiger partial charge in [0.15, 0.2) is 0 Å². The predicted octanol–water partition coefficient (Wildman–Crippen LogP) is 3.95. The van der Waals surface area contributed by atoms with Gasteiger partial charge in [0.05, 0.1) is 0 Å². The van der Waals surface area contributed by atoms with E-state index in [1.54, 1.807) is 54.6 Å². The zero-order valence-corrected chi connectivity index (χ0v) is 34.8. The number of carbonyl (C=O) groups excluding carboxylic acids is 6. The van der Waals surface area contributed by atoms with E-state index in [2.05, 4.69) is 31.9 Å². The van der Waals surface area contributed by atoms with Gasteiger partial charge in [-0.2, -0.15) is 0 Å². The summed E-state index contributed by atoms with van der Waals surface area (Å²) in [6.07, 6.45) is -0.388. The van der Waals surface area contributed by atoms with Crippen molar-refractivity contribution in [2.75, 3.05) is 5.32 Å². The number of carbonyl (C=O) groups is 7. The number of amides is 6. The first-order valence-electron chi connectivity index (χ1n) is 20.2. The van der Waals surface area contributed by atoms with Crippen LogP contribution < -0.4 is 31.9 Å². The Balaban J connectivity index is 1.36. The highest BCUT2D eigenvalue weighted by Gasteiger charge is 2.33. The molecule has 5 aromatic rings. The molecule has 15 heteroatoms. The molecule has 3 heterocycles. The van der Waals surface area contributed by atoms with Gasteiger partial charge >= 0.3 is 5.97 Å². The van der Waals surface area contributed by atoms with Crippen LogP contribution in [0.5, 0.6) is 0 Å². The summed E-state index contributed by atoms with van der Waals surface area (Å²) >= 11 is 1.39. The molecule has 0 unspecified atom stereocenters. The van der Waals surface area contributed by atoms with E-state index in [-0.39, 0.29) is 38.5 Å². The summed E-state index contributed by atoms with van der Waals surface area (Å²) in [5.74, 6) is -5.15. The first-order valence-corrected chi connectivity index (χ1v) is 21.1. The minimum atomic E-state index is -1.29. The van der Waals surface area contributed by atoms with Gasteiger partial charge in [0.25, 0.3) is 0 Å². The minimum Gasteiger partial charge on any atom is -0.480 e. The zero-order chi connectivity index (χ0) is 44.0. The van der Waals surface area contributed by atoms with Crippen molar-refractivity contribution in [1.82, 2.24) is 26.6 Å². The van der Waals surface area contributed by atoms with Gasteiger partial charge in [-0.1, -0.05) is 103 Å². The van der Waals surface area contributed by atoms with Gasteiger partial charge in [0, 0.05) is 49.1 Å². The highest BCUT2D eigenvalue weighted by atomic mass is 32.1.